The zero-order valence-electron chi connectivity index (χ0n) is 7.97. The summed E-state index contributed by atoms with van der Waals surface area (Å²) < 4.78 is 12.5. The first-order chi connectivity index (χ1) is 6.11. The highest BCUT2D eigenvalue weighted by atomic mass is 19.1. The first kappa shape index (κ1) is 11.6. The molecule has 1 heterocycles. The van der Waals surface area contributed by atoms with Gasteiger partial charge in [0.1, 0.15) is 0 Å². The van der Waals surface area contributed by atoms with E-state index < -0.39 is 11.9 Å². The van der Waals surface area contributed by atoms with Crippen molar-refractivity contribution < 1.29 is 9.18 Å². The Bertz CT molecular complexity index is 300. The zero-order chi connectivity index (χ0) is 10.4. The second kappa shape index (κ2) is 5.24. The Balaban J connectivity index is 0.000000671. The van der Waals surface area contributed by atoms with Gasteiger partial charge in [0, 0.05) is 11.8 Å². The second-order valence-electron chi connectivity index (χ2n) is 2.20. The summed E-state index contributed by atoms with van der Waals surface area (Å²) in [5.74, 6) is -1.17. The molecule has 2 N–H and O–H groups in total. The van der Waals surface area contributed by atoms with Crippen LogP contribution in [0.1, 0.15) is 29.8 Å². The van der Waals surface area contributed by atoms with Crippen molar-refractivity contribution in [2.75, 3.05) is 0 Å². The van der Waals surface area contributed by atoms with E-state index in [0.29, 0.717) is 5.56 Å². The highest BCUT2D eigenvalue weighted by molar-refractivity contribution is 5.92. The maximum Gasteiger partial charge on any atom is 0.250 e. The molecule has 13 heavy (non-hydrogen) atoms. The molecule has 0 aliphatic heterocycles. The first-order valence-electron chi connectivity index (χ1n) is 4.03. The number of aromatic nitrogens is 1. The Labute approximate surface area is 76.8 Å². The van der Waals surface area contributed by atoms with Gasteiger partial charge in [-0.1, -0.05) is 13.8 Å². The van der Waals surface area contributed by atoms with E-state index in [2.05, 4.69) is 4.98 Å². The molecule has 0 spiro atoms. The number of hydrogen-bond acceptors (Lipinski definition) is 2. The van der Waals surface area contributed by atoms with Crippen molar-refractivity contribution in [2.24, 2.45) is 5.73 Å². The van der Waals surface area contributed by atoms with Gasteiger partial charge in [-0.05, 0) is 13.0 Å². The molecule has 3 nitrogen and oxygen atoms in total. The van der Waals surface area contributed by atoms with Crippen LogP contribution >= 0.6 is 0 Å². The lowest BCUT2D eigenvalue weighted by molar-refractivity contribution is 0.1000. The number of rotatable bonds is 1. The van der Waals surface area contributed by atoms with Gasteiger partial charge in [0.15, 0.2) is 0 Å². The van der Waals surface area contributed by atoms with Crippen LogP contribution in [-0.2, 0) is 0 Å². The molecule has 0 unspecified atom stereocenters. The molecule has 1 aromatic rings. The van der Waals surface area contributed by atoms with Gasteiger partial charge in [-0.15, -0.1) is 0 Å². The van der Waals surface area contributed by atoms with E-state index in [0.717, 1.165) is 6.20 Å². The molecular weight excluding hydrogens is 171 g/mol. The number of nitrogens with zero attached hydrogens (tertiary/aromatic N) is 1. The third kappa shape index (κ3) is 3.19. The molecule has 0 aliphatic carbocycles. The van der Waals surface area contributed by atoms with E-state index in [4.69, 9.17) is 5.73 Å². The average molecular weight is 184 g/mol. The Kier molecular flexibility index (Phi) is 4.66. The van der Waals surface area contributed by atoms with Crippen molar-refractivity contribution in [1.29, 1.82) is 0 Å². The number of halogens is 1. The number of nitrogens with two attached hydrogens (primary N) is 1. The number of carbonyl (C=O) groups excluding carboxylic acids is 1. The van der Waals surface area contributed by atoms with Gasteiger partial charge in [-0.25, -0.2) is 4.98 Å². The predicted octanol–water partition coefficient (Wildman–Crippen LogP) is 1.65. The summed E-state index contributed by atoms with van der Waals surface area (Å²) in [6.07, 6.45) is 1.12. The number of aryl methyl sites for hydroxylation is 1. The Hall–Kier alpha value is -1.45. The topological polar surface area (TPSA) is 56.0 Å². The van der Waals surface area contributed by atoms with Crippen LogP contribution in [0.2, 0.25) is 0 Å². The molecule has 1 rings (SSSR count). The largest absolute Gasteiger partial charge is 0.366 e. The number of pyridine rings is 1. The van der Waals surface area contributed by atoms with E-state index in [1.807, 2.05) is 13.8 Å². The van der Waals surface area contributed by atoms with Gasteiger partial charge >= 0.3 is 0 Å². The van der Waals surface area contributed by atoms with Crippen molar-refractivity contribution >= 4 is 5.91 Å². The maximum atomic E-state index is 12.5. The molecule has 0 aromatic carbocycles. The van der Waals surface area contributed by atoms with Crippen LogP contribution in [0, 0.1) is 12.9 Å². The average Bonchev–Trinajstić information content (AvgIpc) is 2.13. The molecule has 72 valence electrons. The molecule has 0 bridgehead atoms. The molecule has 0 saturated heterocycles. The number of carbonyl (C=O) groups is 1. The molecule has 1 amide bonds. The molecule has 4 heteroatoms. The summed E-state index contributed by atoms with van der Waals surface area (Å²) in [7, 11) is 0. The lowest BCUT2D eigenvalue weighted by Crippen LogP contribution is -2.11. The van der Waals surface area contributed by atoms with Crippen LogP contribution < -0.4 is 5.73 Å². The third-order valence-corrected chi connectivity index (χ3v) is 1.30. The molecule has 0 fully saturated rings. The van der Waals surface area contributed by atoms with E-state index in [-0.39, 0.29) is 5.56 Å². The van der Waals surface area contributed by atoms with Gasteiger partial charge in [0.2, 0.25) is 11.9 Å². The highest BCUT2D eigenvalue weighted by Crippen LogP contribution is 2.04. The fourth-order valence-corrected chi connectivity index (χ4v) is 0.693. The zero-order valence-corrected chi connectivity index (χ0v) is 7.97. The Morgan fingerprint density at radius 3 is 2.46 bits per heavy atom. The van der Waals surface area contributed by atoms with Crippen LogP contribution in [0.3, 0.4) is 0 Å². The van der Waals surface area contributed by atoms with Crippen molar-refractivity contribution in [2.45, 2.75) is 20.8 Å². The SMILES string of the molecule is CC.Cc1cc(C(N)=O)cnc1F. The van der Waals surface area contributed by atoms with Gasteiger partial charge in [-0.3, -0.25) is 4.79 Å². The van der Waals surface area contributed by atoms with Gasteiger partial charge in [0.25, 0.3) is 0 Å². The molecule has 0 saturated carbocycles. The predicted molar refractivity (Wildman–Crippen MR) is 48.8 cm³/mol. The summed E-state index contributed by atoms with van der Waals surface area (Å²) in [5, 5.41) is 0. The van der Waals surface area contributed by atoms with Crippen LogP contribution in [0.4, 0.5) is 4.39 Å². The molecule has 0 aliphatic rings. The molecule has 1 aromatic heterocycles. The van der Waals surface area contributed by atoms with Gasteiger partial charge in [0.05, 0.1) is 5.56 Å². The first-order valence-corrected chi connectivity index (χ1v) is 4.03. The van der Waals surface area contributed by atoms with Crippen molar-refractivity contribution in [3.05, 3.63) is 29.3 Å². The smallest absolute Gasteiger partial charge is 0.250 e. The van der Waals surface area contributed by atoms with Crippen molar-refractivity contribution in [3.63, 3.8) is 0 Å². The lowest BCUT2D eigenvalue weighted by Gasteiger charge is -1.96. The monoisotopic (exact) mass is 184 g/mol. The molecular formula is C9H13FN2O. The summed E-state index contributed by atoms with van der Waals surface area (Å²) in [4.78, 5) is 13.9. The van der Waals surface area contributed by atoms with E-state index in [1.165, 1.54) is 13.0 Å². The maximum absolute atomic E-state index is 12.5. The van der Waals surface area contributed by atoms with Crippen LogP contribution in [0.25, 0.3) is 0 Å². The number of amides is 1. The van der Waals surface area contributed by atoms with Gasteiger partial charge in [-0.2, -0.15) is 4.39 Å². The second-order valence-corrected chi connectivity index (χ2v) is 2.20. The van der Waals surface area contributed by atoms with Crippen molar-refractivity contribution in [1.82, 2.24) is 4.98 Å². The number of hydrogen-bond donors (Lipinski definition) is 1. The Morgan fingerprint density at radius 2 is 2.08 bits per heavy atom. The summed E-state index contributed by atoms with van der Waals surface area (Å²) in [6.45, 7) is 5.52. The summed E-state index contributed by atoms with van der Waals surface area (Å²) >= 11 is 0. The number of primary amides is 1. The van der Waals surface area contributed by atoms with E-state index in [1.54, 1.807) is 0 Å². The third-order valence-electron chi connectivity index (χ3n) is 1.30. The quantitative estimate of drug-likeness (QED) is 0.675. The standard InChI is InChI=1S/C7H7FN2O.C2H6/c1-4-2-5(7(9)11)3-10-6(4)8;1-2/h2-3H,1H3,(H2,9,11);1-2H3. The van der Waals surface area contributed by atoms with Crippen molar-refractivity contribution in [3.8, 4) is 0 Å². The van der Waals surface area contributed by atoms with E-state index >= 15 is 0 Å². The molecule has 0 atom stereocenters. The fraction of sp³-hybridized carbons (Fsp3) is 0.333. The summed E-state index contributed by atoms with van der Waals surface area (Å²) in [6, 6.07) is 1.37. The van der Waals surface area contributed by atoms with Crippen LogP contribution in [0.5, 0.6) is 0 Å². The summed E-state index contributed by atoms with van der Waals surface area (Å²) in [5.41, 5.74) is 5.48. The lowest BCUT2D eigenvalue weighted by atomic mass is 10.2. The normalized spacial score (nSPS) is 8.62. The highest BCUT2D eigenvalue weighted by Gasteiger charge is 2.03. The van der Waals surface area contributed by atoms with Gasteiger partial charge < -0.3 is 5.73 Å². The molecule has 0 radical (unpaired) electrons. The minimum atomic E-state index is -0.597. The fourth-order valence-electron chi connectivity index (χ4n) is 0.693. The minimum Gasteiger partial charge on any atom is -0.366 e. The van der Waals surface area contributed by atoms with Crippen LogP contribution in [-0.4, -0.2) is 10.9 Å². The minimum absolute atomic E-state index is 0.226. The van der Waals surface area contributed by atoms with E-state index in [9.17, 15) is 9.18 Å². The Morgan fingerprint density at radius 1 is 1.54 bits per heavy atom. The van der Waals surface area contributed by atoms with Crippen LogP contribution in [0.15, 0.2) is 12.3 Å².